The van der Waals surface area contributed by atoms with Crippen molar-refractivity contribution in [2.75, 3.05) is 24.6 Å². The smallest absolute Gasteiger partial charge is 1.00 e. The van der Waals surface area contributed by atoms with Gasteiger partial charge in [-0.1, -0.05) is 0 Å². The Labute approximate surface area is 156 Å². The second-order valence-electron chi connectivity index (χ2n) is 3.54. The molecule has 0 unspecified atom stereocenters. The SMILES string of the molecule is CCN(CCO)c1ccc([N+](=[N-])S(=O)(=O)O)cc1.[H-].[K+]. The van der Waals surface area contributed by atoms with Crippen LogP contribution in [0.15, 0.2) is 24.3 Å². The number of aliphatic hydroxyl groups is 1. The van der Waals surface area contributed by atoms with Crippen molar-refractivity contribution in [1.29, 1.82) is 0 Å². The van der Waals surface area contributed by atoms with Crippen molar-refractivity contribution in [2.45, 2.75) is 6.92 Å². The molecule has 0 heterocycles. The van der Waals surface area contributed by atoms with Crippen LogP contribution in [0.1, 0.15) is 8.35 Å². The number of anilines is 1. The molecule has 0 aliphatic carbocycles. The Bertz CT molecular complexity index is 524. The number of hydrogen-bond acceptors (Lipinski definition) is 4. The van der Waals surface area contributed by atoms with Gasteiger partial charge >= 0.3 is 61.7 Å². The van der Waals surface area contributed by atoms with Crippen molar-refractivity contribution in [2.24, 2.45) is 0 Å². The largest absolute Gasteiger partial charge is 1.00 e. The molecule has 0 aromatic heterocycles. The number of benzene rings is 1. The zero-order valence-electron chi connectivity index (χ0n) is 11.9. The Morgan fingerprint density at radius 3 is 2.26 bits per heavy atom. The van der Waals surface area contributed by atoms with Crippen molar-refractivity contribution in [1.82, 2.24) is 0 Å². The summed E-state index contributed by atoms with van der Waals surface area (Å²) in [6.07, 6.45) is 0. The standard InChI is InChI=1S/C10H15N3O4S.K.H/c1-2-12(7-8-14)9-3-5-10(6-4-9)13(11)18(15,16)17;;/h3-6,14H,2,7-8H2,1H3,(H,15,16,17);;/q;+1;-1. The van der Waals surface area contributed by atoms with Gasteiger partial charge in [-0.15, -0.1) is 12.5 Å². The molecule has 0 amide bonds. The second-order valence-corrected chi connectivity index (χ2v) is 4.78. The fourth-order valence-corrected chi connectivity index (χ4v) is 1.90. The molecule has 1 aromatic rings. The molecule has 0 saturated heterocycles. The van der Waals surface area contributed by atoms with Gasteiger partial charge in [0, 0.05) is 30.9 Å². The maximum atomic E-state index is 10.7. The van der Waals surface area contributed by atoms with Crippen molar-refractivity contribution in [3.05, 3.63) is 29.8 Å². The van der Waals surface area contributed by atoms with E-state index in [0.29, 0.717) is 13.1 Å². The summed E-state index contributed by atoms with van der Waals surface area (Å²) in [7, 11) is -4.67. The molecule has 0 aliphatic heterocycles. The molecule has 1 rings (SSSR count). The van der Waals surface area contributed by atoms with Crippen molar-refractivity contribution >= 4 is 21.7 Å². The molecule has 0 saturated carbocycles. The number of nitrogens with zero attached hydrogens (tertiary/aromatic N) is 3. The van der Waals surface area contributed by atoms with E-state index in [1.165, 1.54) is 12.1 Å². The van der Waals surface area contributed by atoms with Crippen LogP contribution in [0.5, 0.6) is 0 Å². The predicted molar refractivity (Wildman–Crippen MR) is 67.4 cm³/mol. The summed E-state index contributed by atoms with van der Waals surface area (Å²) < 4.78 is 29.8. The third-order valence-electron chi connectivity index (χ3n) is 2.41. The molecule has 19 heavy (non-hydrogen) atoms. The van der Waals surface area contributed by atoms with Crippen LogP contribution in [0.2, 0.25) is 0 Å². The van der Waals surface area contributed by atoms with Crippen LogP contribution < -0.4 is 56.3 Å². The zero-order valence-corrected chi connectivity index (χ0v) is 14.8. The van der Waals surface area contributed by atoms with Gasteiger partial charge in [-0.25, -0.2) is 4.55 Å². The van der Waals surface area contributed by atoms with Crippen LogP contribution in [0.3, 0.4) is 0 Å². The first-order valence-corrected chi connectivity index (χ1v) is 6.72. The Kier molecular flexibility index (Phi) is 8.48. The molecule has 2 N–H and O–H groups in total. The summed E-state index contributed by atoms with van der Waals surface area (Å²) in [5.41, 5.74) is 9.90. The molecule has 1 aromatic carbocycles. The average molecular weight is 313 g/mol. The van der Waals surface area contributed by atoms with Crippen LogP contribution in [0.4, 0.5) is 11.4 Å². The normalized spacial score (nSPS) is 10.7. The van der Waals surface area contributed by atoms with E-state index in [0.717, 1.165) is 5.69 Å². The van der Waals surface area contributed by atoms with Crippen LogP contribution in [-0.4, -0.2) is 41.9 Å². The Hall–Kier alpha value is 0.126. The summed E-state index contributed by atoms with van der Waals surface area (Å²) >= 11 is 0. The quantitative estimate of drug-likeness (QED) is 0.276. The van der Waals surface area contributed by atoms with Crippen LogP contribution in [0, 0.1) is 0 Å². The summed E-state index contributed by atoms with van der Waals surface area (Å²) in [5.74, 6) is 0. The van der Waals surface area contributed by atoms with Gasteiger partial charge in [0.15, 0.2) is 0 Å². The van der Waals surface area contributed by atoms with Crippen LogP contribution in [-0.2, 0) is 10.3 Å². The van der Waals surface area contributed by atoms with E-state index in [4.69, 9.17) is 9.66 Å². The second kappa shape index (κ2) is 8.42. The third-order valence-corrected chi connectivity index (χ3v) is 3.05. The van der Waals surface area contributed by atoms with E-state index in [9.17, 15) is 13.9 Å². The molecule has 0 fully saturated rings. The Morgan fingerprint density at radius 1 is 1.37 bits per heavy atom. The number of aliphatic hydroxyl groups excluding tert-OH is 1. The van der Waals surface area contributed by atoms with Crippen LogP contribution >= 0.6 is 0 Å². The fourth-order valence-electron chi connectivity index (χ4n) is 1.51. The number of hydrogen-bond donors (Lipinski definition) is 2. The fraction of sp³-hybridized carbons (Fsp3) is 0.400. The summed E-state index contributed by atoms with van der Waals surface area (Å²) in [6.45, 7) is 3.06. The van der Waals surface area contributed by atoms with Crippen molar-refractivity contribution < 1.29 is 75.0 Å². The minimum atomic E-state index is -4.67. The summed E-state index contributed by atoms with van der Waals surface area (Å²) in [4.78, 5) is 1.87. The number of rotatable bonds is 6. The molecule has 102 valence electrons. The minimum Gasteiger partial charge on any atom is -1.00 e. The van der Waals surface area contributed by atoms with Crippen molar-refractivity contribution in [3.63, 3.8) is 0 Å². The Balaban J connectivity index is 0. The van der Waals surface area contributed by atoms with E-state index in [2.05, 4.69) is 0 Å². The third kappa shape index (κ3) is 5.56. The molecule has 0 bridgehead atoms. The maximum absolute atomic E-state index is 10.7. The van der Waals surface area contributed by atoms with Crippen molar-refractivity contribution in [3.8, 4) is 0 Å². The average Bonchev–Trinajstić information content (AvgIpc) is 2.34. The van der Waals surface area contributed by atoms with Gasteiger partial charge in [-0.05, 0) is 19.1 Å². The molecular weight excluding hydrogens is 297 g/mol. The molecule has 0 aliphatic rings. The summed E-state index contributed by atoms with van der Waals surface area (Å²) in [5, 5.41) is 8.88. The number of likely N-dealkylation sites (N-methyl/N-ethyl adjacent to an activating group) is 1. The van der Waals surface area contributed by atoms with Gasteiger partial charge in [-0.3, -0.25) is 0 Å². The molecule has 7 nitrogen and oxygen atoms in total. The van der Waals surface area contributed by atoms with Crippen LogP contribution in [0.25, 0.3) is 5.53 Å². The topological polar surface area (TPSA) is 103 Å². The first kappa shape index (κ1) is 19.1. The van der Waals surface area contributed by atoms with Gasteiger partial charge in [0.05, 0.1) is 6.61 Å². The van der Waals surface area contributed by atoms with Gasteiger partial charge in [0.2, 0.25) is 5.69 Å². The van der Waals surface area contributed by atoms with E-state index in [-0.39, 0.29) is 69.2 Å². The Morgan fingerprint density at radius 2 is 1.89 bits per heavy atom. The monoisotopic (exact) mass is 313 g/mol. The molecule has 0 spiro atoms. The zero-order chi connectivity index (χ0) is 13.8. The van der Waals surface area contributed by atoms with Gasteiger partial charge < -0.3 is 17.0 Å². The minimum absolute atomic E-state index is 0. The predicted octanol–water partition coefficient (Wildman–Crippen LogP) is -1.91. The first-order valence-electron chi connectivity index (χ1n) is 5.32. The molecular formula is C10H16KN3O4S. The van der Waals surface area contributed by atoms with E-state index >= 15 is 0 Å². The molecule has 9 heteroatoms. The van der Waals surface area contributed by atoms with Gasteiger partial charge in [0.1, 0.15) is 0 Å². The van der Waals surface area contributed by atoms with Gasteiger partial charge in [-0.2, -0.15) is 0 Å². The maximum Gasteiger partial charge on any atom is 1.00 e. The molecule has 0 atom stereocenters. The summed E-state index contributed by atoms with van der Waals surface area (Å²) in [6, 6.07) is 5.87. The van der Waals surface area contributed by atoms with Gasteiger partial charge in [0.25, 0.3) is 0 Å². The van der Waals surface area contributed by atoms with E-state index in [1.54, 1.807) is 12.1 Å². The first-order chi connectivity index (χ1) is 8.40. The van der Waals surface area contributed by atoms with E-state index in [1.807, 2.05) is 11.8 Å². The molecule has 0 radical (unpaired) electrons. The van der Waals surface area contributed by atoms with E-state index < -0.39 is 10.3 Å².